The summed E-state index contributed by atoms with van der Waals surface area (Å²) in [7, 11) is 1.85. The molecule has 2 aliphatic heterocycles. The van der Waals surface area contributed by atoms with Gasteiger partial charge in [-0.25, -0.2) is 0 Å². The Hall–Kier alpha value is -1.31. The summed E-state index contributed by atoms with van der Waals surface area (Å²) in [5, 5.41) is 3.46. The van der Waals surface area contributed by atoms with Crippen molar-refractivity contribution < 1.29 is 4.79 Å². The zero-order valence-corrected chi connectivity index (χ0v) is 18.9. The number of carbonyl (C=O) groups is 1. The number of nitrogens with zero attached hydrogens (tertiary/aromatic N) is 3. The van der Waals surface area contributed by atoms with Gasteiger partial charge in [-0.3, -0.25) is 9.79 Å². The number of guanidine groups is 1. The van der Waals surface area contributed by atoms with Gasteiger partial charge in [-0.05, 0) is 55.7 Å². The topological polar surface area (TPSA) is 47.9 Å². The molecular formula is C21H33IN4O. The number of rotatable bonds is 3. The third-order valence-electron chi connectivity index (χ3n) is 5.59. The van der Waals surface area contributed by atoms with Crippen LogP contribution in [0.15, 0.2) is 29.3 Å². The second kappa shape index (κ2) is 10.9. The average Bonchev–Trinajstić information content (AvgIpc) is 2.70. The molecule has 6 heteroatoms. The van der Waals surface area contributed by atoms with E-state index in [-0.39, 0.29) is 29.9 Å². The zero-order valence-electron chi connectivity index (χ0n) is 16.6. The molecular weight excluding hydrogens is 451 g/mol. The molecule has 2 heterocycles. The maximum absolute atomic E-state index is 12.5. The minimum absolute atomic E-state index is 0. The number of likely N-dealkylation sites (tertiary alicyclic amines) is 2. The Morgan fingerprint density at radius 1 is 1.04 bits per heavy atom. The van der Waals surface area contributed by atoms with E-state index >= 15 is 0 Å². The van der Waals surface area contributed by atoms with Crippen molar-refractivity contribution in [3.05, 3.63) is 35.4 Å². The summed E-state index contributed by atoms with van der Waals surface area (Å²) in [6.45, 7) is 6.99. The van der Waals surface area contributed by atoms with E-state index in [2.05, 4.69) is 34.3 Å². The number of amides is 1. The van der Waals surface area contributed by atoms with Crippen molar-refractivity contribution in [2.45, 2.75) is 45.6 Å². The van der Waals surface area contributed by atoms with Crippen LogP contribution < -0.4 is 5.32 Å². The van der Waals surface area contributed by atoms with Gasteiger partial charge >= 0.3 is 0 Å². The highest BCUT2D eigenvalue weighted by Crippen LogP contribution is 2.16. The van der Waals surface area contributed by atoms with Crippen molar-refractivity contribution in [3.63, 3.8) is 0 Å². The lowest BCUT2D eigenvalue weighted by molar-refractivity contribution is 0.0724. The lowest BCUT2D eigenvalue weighted by atomic mass is 9.99. The second-order valence-corrected chi connectivity index (χ2v) is 7.62. The highest BCUT2D eigenvalue weighted by atomic mass is 127. The third-order valence-corrected chi connectivity index (χ3v) is 5.59. The number of carbonyl (C=O) groups excluding carboxylic acids is 1. The standard InChI is InChI=1S/C21H32N4O.HI/c1-17-10-14-25(15-11-17)21(22-2)23-16-18-6-8-19(9-7-18)20(26)24-12-4-3-5-13-24;/h6-9,17H,3-5,10-16H2,1-2H3,(H,22,23);1H. The molecule has 0 radical (unpaired) electrons. The number of piperidine rings is 2. The van der Waals surface area contributed by atoms with Crippen molar-refractivity contribution in [3.8, 4) is 0 Å². The van der Waals surface area contributed by atoms with Crippen LogP contribution in [0.25, 0.3) is 0 Å². The van der Waals surface area contributed by atoms with E-state index in [1.165, 1.54) is 24.8 Å². The van der Waals surface area contributed by atoms with E-state index in [9.17, 15) is 4.79 Å². The molecule has 1 aromatic carbocycles. The fraction of sp³-hybridized carbons (Fsp3) is 0.619. The largest absolute Gasteiger partial charge is 0.352 e. The molecule has 0 saturated carbocycles. The fourth-order valence-electron chi connectivity index (χ4n) is 3.78. The van der Waals surface area contributed by atoms with Crippen LogP contribution in [0, 0.1) is 5.92 Å². The molecule has 2 fully saturated rings. The van der Waals surface area contributed by atoms with Gasteiger partial charge in [0.15, 0.2) is 5.96 Å². The van der Waals surface area contributed by atoms with Crippen molar-refractivity contribution in [2.24, 2.45) is 10.9 Å². The van der Waals surface area contributed by atoms with Gasteiger partial charge in [-0.1, -0.05) is 19.1 Å². The van der Waals surface area contributed by atoms with Crippen molar-refractivity contribution in [1.82, 2.24) is 15.1 Å². The fourth-order valence-corrected chi connectivity index (χ4v) is 3.78. The summed E-state index contributed by atoms with van der Waals surface area (Å²) in [6, 6.07) is 8.02. The van der Waals surface area contributed by atoms with Gasteiger partial charge in [-0.15, -0.1) is 24.0 Å². The van der Waals surface area contributed by atoms with Crippen LogP contribution >= 0.6 is 24.0 Å². The average molecular weight is 484 g/mol. The van der Waals surface area contributed by atoms with Gasteiger partial charge in [0.25, 0.3) is 5.91 Å². The molecule has 0 aromatic heterocycles. The Bertz CT molecular complexity index is 618. The minimum atomic E-state index is 0. The second-order valence-electron chi connectivity index (χ2n) is 7.62. The Labute approximate surface area is 180 Å². The predicted octanol–water partition coefficient (Wildman–Crippen LogP) is 3.74. The summed E-state index contributed by atoms with van der Waals surface area (Å²) in [5.41, 5.74) is 1.97. The summed E-state index contributed by atoms with van der Waals surface area (Å²) in [6.07, 6.45) is 5.96. The van der Waals surface area contributed by atoms with Gasteiger partial charge in [0, 0.05) is 45.3 Å². The first kappa shape index (κ1) is 22.0. The molecule has 0 unspecified atom stereocenters. The Balaban J connectivity index is 0.00000261. The number of aliphatic imine (C=N–C) groups is 1. The van der Waals surface area contributed by atoms with Crippen molar-refractivity contribution >= 4 is 35.8 Å². The molecule has 0 bridgehead atoms. The van der Waals surface area contributed by atoms with Crippen LogP contribution in [0.4, 0.5) is 0 Å². The lowest BCUT2D eigenvalue weighted by Gasteiger charge is -2.33. The van der Waals surface area contributed by atoms with Gasteiger partial charge in [-0.2, -0.15) is 0 Å². The maximum Gasteiger partial charge on any atom is 0.253 e. The van der Waals surface area contributed by atoms with E-state index in [1.54, 1.807) is 0 Å². The monoisotopic (exact) mass is 484 g/mol. The molecule has 0 aliphatic carbocycles. The summed E-state index contributed by atoms with van der Waals surface area (Å²) >= 11 is 0. The van der Waals surface area contributed by atoms with Crippen molar-refractivity contribution in [2.75, 3.05) is 33.2 Å². The van der Waals surface area contributed by atoms with Gasteiger partial charge in [0.05, 0.1) is 0 Å². The lowest BCUT2D eigenvalue weighted by Crippen LogP contribution is -2.45. The molecule has 1 aromatic rings. The molecule has 1 N–H and O–H groups in total. The smallest absolute Gasteiger partial charge is 0.253 e. The Morgan fingerprint density at radius 2 is 1.67 bits per heavy atom. The molecule has 2 saturated heterocycles. The van der Waals surface area contributed by atoms with E-state index in [4.69, 9.17) is 0 Å². The quantitative estimate of drug-likeness (QED) is 0.404. The zero-order chi connectivity index (χ0) is 18.4. The number of halogens is 1. The Morgan fingerprint density at radius 3 is 2.26 bits per heavy atom. The van der Waals surface area contributed by atoms with E-state index < -0.39 is 0 Å². The van der Waals surface area contributed by atoms with Crippen LogP contribution in [-0.2, 0) is 6.54 Å². The predicted molar refractivity (Wildman–Crippen MR) is 122 cm³/mol. The van der Waals surface area contributed by atoms with E-state index in [0.717, 1.165) is 63.0 Å². The van der Waals surface area contributed by atoms with E-state index in [1.807, 2.05) is 24.1 Å². The van der Waals surface area contributed by atoms with Gasteiger partial charge in [0.1, 0.15) is 0 Å². The normalized spacial score (nSPS) is 18.8. The highest BCUT2D eigenvalue weighted by Gasteiger charge is 2.19. The number of benzene rings is 1. The number of hydrogen-bond acceptors (Lipinski definition) is 2. The SMILES string of the molecule is CN=C(NCc1ccc(C(=O)N2CCCCC2)cc1)N1CCC(C)CC1.I. The molecule has 0 atom stereocenters. The Kier molecular flexibility index (Phi) is 8.86. The first-order valence-corrected chi connectivity index (χ1v) is 10.0. The first-order valence-electron chi connectivity index (χ1n) is 10.0. The minimum Gasteiger partial charge on any atom is -0.352 e. The molecule has 150 valence electrons. The molecule has 27 heavy (non-hydrogen) atoms. The van der Waals surface area contributed by atoms with Crippen LogP contribution in [0.5, 0.6) is 0 Å². The van der Waals surface area contributed by atoms with Gasteiger partial charge in [0.2, 0.25) is 0 Å². The first-order chi connectivity index (χ1) is 12.7. The van der Waals surface area contributed by atoms with Crippen LogP contribution in [0.1, 0.15) is 54.9 Å². The number of hydrogen-bond donors (Lipinski definition) is 1. The molecule has 1 amide bonds. The van der Waals surface area contributed by atoms with Crippen LogP contribution in [-0.4, -0.2) is 54.9 Å². The van der Waals surface area contributed by atoms with Crippen molar-refractivity contribution in [1.29, 1.82) is 0 Å². The summed E-state index contributed by atoms with van der Waals surface area (Å²) in [4.78, 5) is 21.3. The number of nitrogens with one attached hydrogen (secondary N) is 1. The van der Waals surface area contributed by atoms with Crippen LogP contribution in [0.3, 0.4) is 0 Å². The molecule has 2 aliphatic rings. The molecule has 0 spiro atoms. The van der Waals surface area contributed by atoms with Gasteiger partial charge < -0.3 is 15.1 Å². The summed E-state index contributed by atoms with van der Waals surface area (Å²) in [5.74, 6) is 1.96. The van der Waals surface area contributed by atoms with E-state index in [0.29, 0.717) is 0 Å². The molecule has 3 rings (SSSR count). The molecule has 5 nitrogen and oxygen atoms in total. The third kappa shape index (κ3) is 6.09. The highest BCUT2D eigenvalue weighted by molar-refractivity contribution is 14.0. The maximum atomic E-state index is 12.5. The summed E-state index contributed by atoms with van der Waals surface area (Å²) < 4.78 is 0. The van der Waals surface area contributed by atoms with Crippen LogP contribution in [0.2, 0.25) is 0 Å².